The third-order valence-electron chi connectivity index (χ3n) is 6.90. The third-order valence-corrected chi connectivity index (χ3v) is 9.66. The first-order valence-electron chi connectivity index (χ1n) is 11.0. The van der Waals surface area contributed by atoms with Gasteiger partial charge in [-0.05, 0) is 70.7 Å². The van der Waals surface area contributed by atoms with Crippen LogP contribution in [0.2, 0.25) is 5.02 Å². The smallest absolute Gasteiger partial charge is 0.319 e. The van der Waals surface area contributed by atoms with Gasteiger partial charge >= 0.3 is 6.03 Å². The molecule has 1 aromatic carbocycles. The number of hydrogen-bond donors (Lipinski definition) is 3. The second-order valence-electron chi connectivity index (χ2n) is 8.81. The number of phenolic OH excluding ortho intramolecular Hbond substituents is 1. The van der Waals surface area contributed by atoms with Gasteiger partial charge in [0.25, 0.3) is 0 Å². The van der Waals surface area contributed by atoms with Gasteiger partial charge in [-0.15, -0.1) is 0 Å². The molecule has 2 amide bonds. The van der Waals surface area contributed by atoms with Gasteiger partial charge in [0, 0.05) is 6.04 Å². The third kappa shape index (κ3) is 4.56. The van der Waals surface area contributed by atoms with Gasteiger partial charge in [0.2, 0.25) is 0 Å². The summed E-state index contributed by atoms with van der Waals surface area (Å²) < 4.78 is 26.7. The Morgan fingerprint density at radius 2 is 1.87 bits per heavy atom. The Bertz CT molecular complexity index is 983. The minimum Gasteiger partial charge on any atom is -0.504 e. The fourth-order valence-corrected chi connectivity index (χ4v) is 7.10. The summed E-state index contributed by atoms with van der Waals surface area (Å²) in [6.07, 6.45) is 8.46. The van der Waals surface area contributed by atoms with E-state index in [2.05, 4.69) is 21.6 Å². The molecule has 2 fully saturated rings. The number of halogens is 1. The van der Waals surface area contributed by atoms with E-state index in [-0.39, 0.29) is 21.6 Å². The van der Waals surface area contributed by atoms with E-state index in [1.807, 2.05) is 6.92 Å². The lowest BCUT2D eigenvalue weighted by molar-refractivity contribution is 0.106. The number of amides is 2. The number of likely N-dealkylation sites (tertiary alicyclic amines) is 1. The highest BCUT2D eigenvalue weighted by Gasteiger charge is 2.37. The van der Waals surface area contributed by atoms with Gasteiger partial charge < -0.3 is 20.6 Å². The number of aromatic hydroxyl groups is 1. The second-order valence-corrected chi connectivity index (χ2v) is 11.4. The SMILES string of the molecule is CC1=CCC[C@H]1NC(=O)Nc1ccc(Cl)c(S(=O)(=O)C2CCN(C3CCC3)CC2)c1O. The van der Waals surface area contributed by atoms with Crippen molar-refractivity contribution in [1.82, 2.24) is 10.2 Å². The fourth-order valence-electron chi connectivity index (χ4n) is 4.74. The minimum atomic E-state index is -3.84. The molecule has 7 nitrogen and oxygen atoms in total. The maximum atomic E-state index is 13.3. The topological polar surface area (TPSA) is 98.7 Å². The fraction of sp³-hybridized carbons (Fsp3) is 0.591. The van der Waals surface area contributed by atoms with Gasteiger partial charge in [0.1, 0.15) is 4.90 Å². The molecule has 3 N–H and O–H groups in total. The largest absolute Gasteiger partial charge is 0.504 e. The minimum absolute atomic E-state index is 0.0283. The van der Waals surface area contributed by atoms with Crippen LogP contribution in [-0.4, -0.2) is 54.9 Å². The summed E-state index contributed by atoms with van der Waals surface area (Å²) in [5, 5.41) is 15.6. The van der Waals surface area contributed by atoms with Crippen molar-refractivity contribution in [2.75, 3.05) is 18.4 Å². The molecule has 1 aromatic rings. The molecule has 1 saturated heterocycles. The number of anilines is 1. The van der Waals surface area contributed by atoms with Crippen molar-refractivity contribution in [3.8, 4) is 5.75 Å². The number of allylic oxidation sites excluding steroid dienone is 1. The van der Waals surface area contributed by atoms with Gasteiger partial charge in [0.05, 0.1) is 22.0 Å². The molecule has 1 saturated carbocycles. The highest BCUT2D eigenvalue weighted by Crippen LogP contribution is 2.41. The predicted octanol–water partition coefficient (Wildman–Crippen LogP) is 4.07. The van der Waals surface area contributed by atoms with Crippen LogP contribution in [0.5, 0.6) is 5.75 Å². The van der Waals surface area contributed by atoms with E-state index in [0.29, 0.717) is 18.9 Å². The number of sulfone groups is 1. The molecule has 0 radical (unpaired) electrons. The van der Waals surface area contributed by atoms with E-state index < -0.39 is 26.9 Å². The number of phenols is 1. The predicted molar refractivity (Wildman–Crippen MR) is 121 cm³/mol. The van der Waals surface area contributed by atoms with Crippen molar-refractivity contribution in [3.05, 3.63) is 28.8 Å². The van der Waals surface area contributed by atoms with Crippen molar-refractivity contribution < 1.29 is 18.3 Å². The number of nitrogens with zero attached hydrogens (tertiary/aromatic N) is 1. The second kappa shape index (κ2) is 9.00. The molecule has 9 heteroatoms. The Kier molecular flexibility index (Phi) is 6.51. The molecule has 31 heavy (non-hydrogen) atoms. The summed E-state index contributed by atoms with van der Waals surface area (Å²) in [6.45, 7) is 3.43. The molecule has 1 atom stereocenters. The van der Waals surface area contributed by atoms with Crippen LogP contribution in [-0.2, 0) is 9.84 Å². The van der Waals surface area contributed by atoms with Crippen LogP contribution in [0.4, 0.5) is 10.5 Å². The molecule has 0 unspecified atom stereocenters. The van der Waals surface area contributed by atoms with Crippen LogP contribution in [0.25, 0.3) is 0 Å². The summed E-state index contributed by atoms with van der Waals surface area (Å²) in [4.78, 5) is 14.5. The molecular weight excluding hydrogens is 438 g/mol. The maximum absolute atomic E-state index is 13.3. The number of hydrogen-bond acceptors (Lipinski definition) is 5. The van der Waals surface area contributed by atoms with Gasteiger partial charge in [-0.2, -0.15) is 0 Å². The zero-order chi connectivity index (χ0) is 22.2. The lowest BCUT2D eigenvalue weighted by Gasteiger charge is -2.41. The molecular formula is C22H30ClN3O4S. The number of nitrogens with one attached hydrogen (secondary N) is 2. The van der Waals surface area contributed by atoms with Gasteiger partial charge in [-0.1, -0.05) is 29.7 Å². The van der Waals surface area contributed by atoms with Crippen molar-refractivity contribution in [2.24, 2.45) is 0 Å². The zero-order valence-electron chi connectivity index (χ0n) is 17.7. The average molecular weight is 468 g/mol. The molecule has 4 rings (SSSR count). The normalized spacial score (nSPS) is 23.3. The lowest BCUT2D eigenvalue weighted by Crippen LogP contribution is -2.47. The number of benzene rings is 1. The van der Waals surface area contributed by atoms with Crippen LogP contribution in [0.1, 0.15) is 51.9 Å². The van der Waals surface area contributed by atoms with E-state index >= 15 is 0 Å². The monoisotopic (exact) mass is 467 g/mol. The Balaban J connectivity index is 1.48. The van der Waals surface area contributed by atoms with Crippen molar-refractivity contribution >= 4 is 33.2 Å². The Morgan fingerprint density at radius 3 is 2.45 bits per heavy atom. The number of carbonyl (C=O) groups is 1. The van der Waals surface area contributed by atoms with Crippen LogP contribution in [0.3, 0.4) is 0 Å². The van der Waals surface area contributed by atoms with Crippen molar-refractivity contribution in [2.45, 2.75) is 74.1 Å². The summed E-state index contributed by atoms with van der Waals surface area (Å²) in [5.74, 6) is -0.497. The first-order chi connectivity index (χ1) is 14.8. The molecule has 0 spiro atoms. The van der Waals surface area contributed by atoms with E-state index in [1.54, 1.807) is 0 Å². The number of carbonyl (C=O) groups excluding carboxylic acids is 1. The van der Waals surface area contributed by atoms with E-state index in [1.165, 1.54) is 31.4 Å². The molecule has 1 heterocycles. The Morgan fingerprint density at radius 1 is 1.16 bits per heavy atom. The first-order valence-corrected chi connectivity index (χ1v) is 12.9. The molecule has 1 aliphatic heterocycles. The Labute approximate surface area is 188 Å². The molecule has 2 aliphatic carbocycles. The number of rotatable bonds is 5. The van der Waals surface area contributed by atoms with E-state index in [0.717, 1.165) is 31.5 Å². The van der Waals surface area contributed by atoms with Gasteiger partial charge in [0.15, 0.2) is 15.6 Å². The first kappa shape index (κ1) is 22.4. The summed E-state index contributed by atoms with van der Waals surface area (Å²) >= 11 is 6.22. The van der Waals surface area contributed by atoms with Crippen molar-refractivity contribution in [3.63, 3.8) is 0 Å². The van der Waals surface area contributed by atoms with Gasteiger partial charge in [-0.3, -0.25) is 0 Å². The molecule has 3 aliphatic rings. The Hall–Kier alpha value is -1.77. The summed E-state index contributed by atoms with van der Waals surface area (Å²) in [5.41, 5.74) is 1.12. The van der Waals surface area contributed by atoms with Gasteiger partial charge in [-0.25, -0.2) is 13.2 Å². The molecule has 0 aromatic heterocycles. The number of urea groups is 1. The van der Waals surface area contributed by atoms with Crippen LogP contribution >= 0.6 is 11.6 Å². The van der Waals surface area contributed by atoms with Crippen molar-refractivity contribution in [1.29, 1.82) is 0 Å². The zero-order valence-corrected chi connectivity index (χ0v) is 19.3. The standard InChI is InChI=1S/C22H30ClN3O4S/c1-14-4-2-7-18(14)24-22(28)25-19-9-8-17(23)21(20(19)27)31(29,30)16-10-12-26(13-11-16)15-5-3-6-15/h4,8-9,15-16,18,27H,2-3,5-7,10-13H2,1H3,(H2,24,25,28)/t18-/m1/s1. The molecule has 170 valence electrons. The van der Waals surface area contributed by atoms with Crippen LogP contribution in [0.15, 0.2) is 28.7 Å². The van der Waals surface area contributed by atoms with Crippen LogP contribution in [0, 0.1) is 0 Å². The number of piperidine rings is 1. The maximum Gasteiger partial charge on any atom is 0.319 e. The van der Waals surface area contributed by atoms with E-state index in [9.17, 15) is 18.3 Å². The highest BCUT2D eigenvalue weighted by atomic mass is 35.5. The van der Waals surface area contributed by atoms with E-state index in [4.69, 9.17) is 11.6 Å². The quantitative estimate of drug-likeness (QED) is 0.448. The molecule has 0 bridgehead atoms. The van der Waals surface area contributed by atoms with Crippen LogP contribution < -0.4 is 10.6 Å². The lowest BCUT2D eigenvalue weighted by atomic mass is 9.90. The highest BCUT2D eigenvalue weighted by molar-refractivity contribution is 7.92. The average Bonchev–Trinajstić information content (AvgIpc) is 3.07. The summed E-state index contributed by atoms with van der Waals surface area (Å²) in [7, 11) is -3.84. The summed E-state index contributed by atoms with van der Waals surface area (Å²) in [6, 6.07) is 2.87.